The maximum atomic E-state index is 13.7. The molecule has 0 aromatic rings. The summed E-state index contributed by atoms with van der Waals surface area (Å²) < 4.78 is 11.1. The van der Waals surface area contributed by atoms with E-state index < -0.39 is 0 Å². The number of hydrogen-bond acceptors (Lipinski definition) is 5. The molecule has 0 radical (unpaired) electrons. The average molecular weight is 419 g/mol. The van der Waals surface area contributed by atoms with Gasteiger partial charge >= 0.3 is 11.9 Å². The highest BCUT2D eigenvalue weighted by Gasteiger charge is 2.64. The van der Waals surface area contributed by atoms with Crippen LogP contribution >= 0.6 is 0 Å². The Morgan fingerprint density at radius 1 is 1.00 bits per heavy atom. The van der Waals surface area contributed by atoms with E-state index in [1.807, 2.05) is 6.92 Å². The van der Waals surface area contributed by atoms with Gasteiger partial charge < -0.3 is 9.47 Å². The second kappa shape index (κ2) is 7.63. The first-order valence-electron chi connectivity index (χ1n) is 11.9. The minimum atomic E-state index is -0.230. The third kappa shape index (κ3) is 3.40. The van der Waals surface area contributed by atoms with Crippen LogP contribution in [0.4, 0.5) is 0 Å². The molecule has 0 bridgehead atoms. The van der Waals surface area contributed by atoms with Crippen molar-refractivity contribution in [2.45, 2.75) is 98.2 Å². The quantitative estimate of drug-likeness (QED) is 0.621. The average Bonchev–Trinajstić information content (AvgIpc) is 2.97. The van der Waals surface area contributed by atoms with Crippen LogP contribution in [0.3, 0.4) is 0 Å². The zero-order valence-corrected chi connectivity index (χ0v) is 19.2. The first-order valence-corrected chi connectivity index (χ1v) is 11.9. The number of rotatable bonds is 3. The van der Waals surface area contributed by atoms with E-state index in [2.05, 4.69) is 13.8 Å². The lowest BCUT2D eigenvalue weighted by Crippen LogP contribution is -2.58. The molecule has 4 saturated carbocycles. The third-order valence-electron chi connectivity index (χ3n) is 9.62. The van der Waals surface area contributed by atoms with Crippen LogP contribution in [-0.4, -0.2) is 29.9 Å². The molecule has 30 heavy (non-hydrogen) atoms. The van der Waals surface area contributed by atoms with Crippen molar-refractivity contribution >= 4 is 17.7 Å². The molecule has 0 unspecified atom stereocenters. The minimum absolute atomic E-state index is 0.0153. The van der Waals surface area contributed by atoms with Crippen LogP contribution in [0.1, 0.15) is 86.0 Å². The predicted octanol–water partition coefficient (Wildman–Crippen LogP) is 4.71. The topological polar surface area (TPSA) is 69.7 Å². The van der Waals surface area contributed by atoms with Crippen molar-refractivity contribution in [3.63, 3.8) is 0 Å². The van der Waals surface area contributed by atoms with Crippen LogP contribution in [0.2, 0.25) is 0 Å². The third-order valence-corrected chi connectivity index (χ3v) is 9.62. The number of ketones is 1. The lowest BCUT2D eigenvalue weighted by molar-refractivity contribution is -0.172. The molecule has 9 atom stereocenters. The Morgan fingerprint density at radius 3 is 2.40 bits per heavy atom. The second-order valence-corrected chi connectivity index (χ2v) is 11.2. The Bertz CT molecular complexity index is 731. The van der Waals surface area contributed by atoms with Gasteiger partial charge in [-0.2, -0.15) is 0 Å². The van der Waals surface area contributed by atoms with Gasteiger partial charge in [-0.1, -0.05) is 13.8 Å². The highest BCUT2D eigenvalue weighted by atomic mass is 16.5. The van der Waals surface area contributed by atoms with Gasteiger partial charge in [0.1, 0.15) is 18.0 Å². The summed E-state index contributed by atoms with van der Waals surface area (Å²) in [6, 6.07) is 0. The molecule has 168 valence electrons. The van der Waals surface area contributed by atoms with Crippen LogP contribution in [0, 0.1) is 40.4 Å². The molecule has 0 N–H and O–H groups in total. The zero-order valence-electron chi connectivity index (χ0n) is 19.2. The van der Waals surface area contributed by atoms with E-state index in [-0.39, 0.29) is 46.8 Å². The summed E-state index contributed by atoms with van der Waals surface area (Å²) in [7, 11) is 0. The van der Waals surface area contributed by atoms with Gasteiger partial charge in [0.15, 0.2) is 0 Å². The molecule has 0 aromatic heterocycles. The molecule has 4 aliphatic rings. The fourth-order valence-corrected chi connectivity index (χ4v) is 8.53. The van der Waals surface area contributed by atoms with Crippen LogP contribution in [0.5, 0.6) is 0 Å². The summed E-state index contributed by atoms with van der Waals surface area (Å²) in [5, 5.41) is 0. The van der Waals surface area contributed by atoms with Gasteiger partial charge in [-0.3, -0.25) is 14.4 Å². The van der Waals surface area contributed by atoms with Crippen molar-refractivity contribution in [1.29, 1.82) is 0 Å². The lowest BCUT2D eigenvalue weighted by Gasteiger charge is -2.60. The largest absolute Gasteiger partial charge is 0.463 e. The van der Waals surface area contributed by atoms with Crippen molar-refractivity contribution in [3.8, 4) is 0 Å². The number of hydrogen-bond donors (Lipinski definition) is 0. The van der Waals surface area contributed by atoms with Gasteiger partial charge in [0.05, 0.1) is 0 Å². The van der Waals surface area contributed by atoms with Crippen LogP contribution in [0.25, 0.3) is 0 Å². The van der Waals surface area contributed by atoms with Gasteiger partial charge in [0, 0.05) is 32.1 Å². The van der Waals surface area contributed by atoms with E-state index in [1.165, 1.54) is 13.8 Å². The Labute approximate surface area is 180 Å². The molecule has 4 fully saturated rings. The molecule has 0 aromatic carbocycles. The predicted molar refractivity (Wildman–Crippen MR) is 112 cm³/mol. The SMILES string of the molecule is CC(=O)O[C@@H]1CC[C@@]2(C)[C@H](CC[C@H]3[C@H]4CC[C@@H]([C@@H](C)OC(C)=O)[C@]4(C)CC(=O)[C@H]32)C1. The van der Waals surface area contributed by atoms with Gasteiger partial charge in [0.2, 0.25) is 0 Å². The Kier molecular flexibility index (Phi) is 5.55. The van der Waals surface area contributed by atoms with Crippen molar-refractivity contribution in [2.24, 2.45) is 40.4 Å². The van der Waals surface area contributed by atoms with E-state index in [0.29, 0.717) is 30.0 Å². The summed E-state index contributed by atoms with van der Waals surface area (Å²) in [6.45, 7) is 9.60. The molecule has 0 aliphatic heterocycles. The summed E-state index contributed by atoms with van der Waals surface area (Å²) in [4.78, 5) is 36.7. The number of carbonyl (C=O) groups is 3. The summed E-state index contributed by atoms with van der Waals surface area (Å²) in [5.41, 5.74) is -0.0389. The van der Waals surface area contributed by atoms with Crippen LogP contribution < -0.4 is 0 Å². The lowest BCUT2D eigenvalue weighted by atomic mass is 9.44. The number of esters is 2. The van der Waals surface area contributed by atoms with E-state index >= 15 is 0 Å². The maximum absolute atomic E-state index is 13.7. The Hall–Kier alpha value is -1.39. The van der Waals surface area contributed by atoms with E-state index in [0.717, 1.165) is 44.9 Å². The van der Waals surface area contributed by atoms with Crippen molar-refractivity contribution < 1.29 is 23.9 Å². The number of Topliss-reactive ketones (excluding diaryl/α,β-unsaturated/α-hetero) is 1. The van der Waals surface area contributed by atoms with Gasteiger partial charge in [0.25, 0.3) is 0 Å². The van der Waals surface area contributed by atoms with Crippen LogP contribution in [-0.2, 0) is 23.9 Å². The summed E-state index contributed by atoms with van der Waals surface area (Å²) in [6.07, 6.45) is 7.65. The second-order valence-electron chi connectivity index (χ2n) is 11.2. The standard InChI is InChI=1S/C25H38O5/c1-14(29-15(2)26)20-8-9-21-19-7-6-17-12-18(30-16(3)27)10-11-24(17,4)23(19)22(28)13-25(20,21)5/h14,17-21,23H,6-13H2,1-5H3/t14-,17-,18-,19+,20+,21-,23+,24+,25+/m1/s1. The van der Waals surface area contributed by atoms with Crippen molar-refractivity contribution in [3.05, 3.63) is 0 Å². The van der Waals surface area contributed by atoms with Crippen LogP contribution in [0.15, 0.2) is 0 Å². The summed E-state index contributed by atoms with van der Waals surface area (Å²) >= 11 is 0. The molecule has 0 saturated heterocycles. The number of ether oxygens (including phenoxy) is 2. The first kappa shape index (κ1) is 21.8. The maximum Gasteiger partial charge on any atom is 0.302 e. The highest BCUT2D eigenvalue weighted by molar-refractivity contribution is 5.84. The Balaban J connectivity index is 1.56. The van der Waals surface area contributed by atoms with Crippen molar-refractivity contribution in [2.75, 3.05) is 0 Å². The van der Waals surface area contributed by atoms with E-state index in [9.17, 15) is 14.4 Å². The smallest absolute Gasteiger partial charge is 0.302 e. The number of fused-ring (bicyclic) bond motifs is 5. The normalized spacial score (nSPS) is 46.2. The highest BCUT2D eigenvalue weighted by Crippen LogP contribution is 2.67. The van der Waals surface area contributed by atoms with E-state index in [4.69, 9.17) is 9.47 Å². The molecular formula is C25H38O5. The minimum Gasteiger partial charge on any atom is -0.463 e. The molecular weight excluding hydrogens is 380 g/mol. The molecule has 0 amide bonds. The molecule has 4 rings (SSSR count). The van der Waals surface area contributed by atoms with Gasteiger partial charge in [-0.25, -0.2) is 0 Å². The molecule has 0 spiro atoms. The fraction of sp³-hybridized carbons (Fsp3) is 0.880. The molecule has 5 heteroatoms. The molecule has 4 aliphatic carbocycles. The van der Waals surface area contributed by atoms with E-state index in [1.54, 1.807) is 0 Å². The summed E-state index contributed by atoms with van der Waals surface area (Å²) in [5.74, 6) is 1.84. The van der Waals surface area contributed by atoms with Gasteiger partial charge in [-0.05, 0) is 80.5 Å². The van der Waals surface area contributed by atoms with Crippen molar-refractivity contribution in [1.82, 2.24) is 0 Å². The monoisotopic (exact) mass is 418 g/mol. The van der Waals surface area contributed by atoms with Gasteiger partial charge in [-0.15, -0.1) is 0 Å². The molecule has 0 heterocycles. The molecule has 5 nitrogen and oxygen atoms in total. The fourth-order valence-electron chi connectivity index (χ4n) is 8.53. The number of carbonyl (C=O) groups excluding carboxylic acids is 3. The zero-order chi connectivity index (χ0) is 21.8. The Morgan fingerprint density at radius 2 is 1.73 bits per heavy atom. The first-order chi connectivity index (χ1) is 14.1.